The quantitative estimate of drug-likeness (QED) is 0.754. The average molecular weight is 355 g/mol. The predicted molar refractivity (Wildman–Crippen MR) is 93.8 cm³/mol. The van der Waals surface area contributed by atoms with Gasteiger partial charge in [0.25, 0.3) is 11.5 Å². The highest BCUT2D eigenvalue weighted by molar-refractivity contribution is 5.94. The fourth-order valence-electron chi connectivity index (χ4n) is 2.55. The molecule has 0 atom stereocenters. The van der Waals surface area contributed by atoms with Gasteiger partial charge in [-0.1, -0.05) is 0 Å². The van der Waals surface area contributed by atoms with E-state index in [2.05, 4.69) is 15.5 Å². The summed E-state index contributed by atoms with van der Waals surface area (Å²) in [5.74, 6) is -0.217. The summed E-state index contributed by atoms with van der Waals surface area (Å²) in [5.41, 5.74) is 1.84. The zero-order chi connectivity index (χ0) is 18.7. The number of amides is 1. The minimum absolute atomic E-state index is 0.207. The second-order valence-electron chi connectivity index (χ2n) is 5.85. The van der Waals surface area contributed by atoms with Gasteiger partial charge in [0, 0.05) is 23.9 Å². The van der Waals surface area contributed by atoms with Gasteiger partial charge in [0.2, 0.25) is 0 Å². The number of carbonyl (C=O) groups is 1. The summed E-state index contributed by atoms with van der Waals surface area (Å²) >= 11 is 0. The lowest BCUT2D eigenvalue weighted by Crippen LogP contribution is -2.32. The molecular formula is C18H18FN5O2. The van der Waals surface area contributed by atoms with E-state index in [0.717, 1.165) is 11.4 Å². The third kappa shape index (κ3) is 3.85. The Bertz CT molecular complexity index is 992. The second kappa shape index (κ2) is 7.30. The topological polar surface area (TPSA) is 81.8 Å². The van der Waals surface area contributed by atoms with E-state index in [1.54, 1.807) is 10.7 Å². The molecule has 0 unspecified atom stereocenters. The molecule has 2 aromatic heterocycles. The molecule has 1 amide bonds. The summed E-state index contributed by atoms with van der Waals surface area (Å²) in [6, 6.07) is 10.2. The van der Waals surface area contributed by atoms with Crippen molar-refractivity contribution in [3.05, 3.63) is 75.6 Å². The SMILES string of the molecule is Cc1cc(C)n(-c2ccc(=O)n(CCNC(=O)c3ccc(F)cc3)n2)n1. The number of rotatable bonds is 5. The Kier molecular flexibility index (Phi) is 4.92. The van der Waals surface area contributed by atoms with Crippen molar-refractivity contribution in [1.82, 2.24) is 24.9 Å². The van der Waals surface area contributed by atoms with Crippen LogP contribution in [0.5, 0.6) is 0 Å². The van der Waals surface area contributed by atoms with Crippen LogP contribution in [0.1, 0.15) is 21.7 Å². The summed E-state index contributed by atoms with van der Waals surface area (Å²) in [5, 5.41) is 11.3. The lowest BCUT2D eigenvalue weighted by Gasteiger charge is -2.09. The van der Waals surface area contributed by atoms with E-state index in [1.807, 2.05) is 19.9 Å². The van der Waals surface area contributed by atoms with Gasteiger partial charge in [-0.05, 0) is 50.2 Å². The number of nitrogens with one attached hydrogen (secondary N) is 1. The van der Waals surface area contributed by atoms with Crippen molar-refractivity contribution in [2.45, 2.75) is 20.4 Å². The van der Waals surface area contributed by atoms with Gasteiger partial charge in [-0.15, -0.1) is 5.10 Å². The zero-order valence-electron chi connectivity index (χ0n) is 14.4. The van der Waals surface area contributed by atoms with Crippen LogP contribution in [0.15, 0.2) is 47.3 Å². The largest absolute Gasteiger partial charge is 0.350 e. The highest BCUT2D eigenvalue weighted by atomic mass is 19.1. The number of aryl methyl sites for hydroxylation is 2. The third-order valence-electron chi connectivity index (χ3n) is 3.79. The van der Waals surface area contributed by atoms with E-state index in [0.29, 0.717) is 11.4 Å². The molecule has 0 saturated heterocycles. The van der Waals surface area contributed by atoms with Gasteiger partial charge < -0.3 is 5.32 Å². The molecule has 0 aliphatic heterocycles. The molecule has 8 heteroatoms. The van der Waals surface area contributed by atoms with Crippen LogP contribution in [0.4, 0.5) is 4.39 Å². The molecule has 0 spiro atoms. The summed E-state index contributed by atoms with van der Waals surface area (Å²) < 4.78 is 15.8. The fraction of sp³-hybridized carbons (Fsp3) is 0.222. The Morgan fingerprint density at radius 3 is 2.50 bits per heavy atom. The predicted octanol–water partition coefficient (Wildman–Crippen LogP) is 1.61. The van der Waals surface area contributed by atoms with E-state index >= 15 is 0 Å². The van der Waals surface area contributed by atoms with Gasteiger partial charge >= 0.3 is 0 Å². The molecule has 0 saturated carbocycles. The monoisotopic (exact) mass is 355 g/mol. The smallest absolute Gasteiger partial charge is 0.266 e. The molecule has 0 fully saturated rings. The molecule has 3 aromatic rings. The van der Waals surface area contributed by atoms with Crippen LogP contribution in [0.25, 0.3) is 5.82 Å². The normalized spacial score (nSPS) is 10.7. The third-order valence-corrected chi connectivity index (χ3v) is 3.79. The molecular weight excluding hydrogens is 337 g/mol. The van der Waals surface area contributed by atoms with Crippen molar-refractivity contribution >= 4 is 5.91 Å². The van der Waals surface area contributed by atoms with Crippen molar-refractivity contribution in [2.75, 3.05) is 6.54 Å². The maximum Gasteiger partial charge on any atom is 0.266 e. The first-order valence-corrected chi connectivity index (χ1v) is 8.09. The van der Waals surface area contributed by atoms with Crippen LogP contribution in [0.3, 0.4) is 0 Å². The second-order valence-corrected chi connectivity index (χ2v) is 5.85. The molecule has 0 radical (unpaired) electrons. The summed E-state index contributed by atoms with van der Waals surface area (Å²) in [4.78, 5) is 24.0. The lowest BCUT2D eigenvalue weighted by atomic mass is 10.2. The van der Waals surface area contributed by atoms with Gasteiger partial charge in [0.15, 0.2) is 5.82 Å². The highest BCUT2D eigenvalue weighted by Crippen LogP contribution is 2.07. The molecule has 1 N–H and O–H groups in total. The van der Waals surface area contributed by atoms with Gasteiger partial charge in [-0.25, -0.2) is 13.8 Å². The Balaban J connectivity index is 1.69. The maximum absolute atomic E-state index is 12.9. The van der Waals surface area contributed by atoms with Crippen LogP contribution in [-0.4, -0.2) is 32.0 Å². The number of nitrogens with zero attached hydrogens (tertiary/aromatic N) is 4. The van der Waals surface area contributed by atoms with Crippen molar-refractivity contribution in [1.29, 1.82) is 0 Å². The van der Waals surface area contributed by atoms with Gasteiger partial charge in [0.05, 0.1) is 12.2 Å². The first kappa shape index (κ1) is 17.5. The first-order chi connectivity index (χ1) is 12.4. The molecule has 0 bridgehead atoms. The zero-order valence-corrected chi connectivity index (χ0v) is 14.4. The number of benzene rings is 1. The van der Waals surface area contributed by atoms with Crippen LogP contribution >= 0.6 is 0 Å². The van der Waals surface area contributed by atoms with E-state index in [-0.39, 0.29) is 24.6 Å². The number of aromatic nitrogens is 4. The Morgan fingerprint density at radius 1 is 1.12 bits per heavy atom. The minimum Gasteiger partial charge on any atom is -0.350 e. The highest BCUT2D eigenvalue weighted by Gasteiger charge is 2.09. The fourth-order valence-corrected chi connectivity index (χ4v) is 2.55. The van der Waals surface area contributed by atoms with Crippen LogP contribution in [0, 0.1) is 19.7 Å². The molecule has 0 aliphatic carbocycles. The molecule has 26 heavy (non-hydrogen) atoms. The molecule has 134 valence electrons. The number of halogens is 1. The van der Waals surface area contributed by atoms with E-state index in [4.69, 9.17) is 0 Å². The maximum atomic E-state index is 12.9. The van der Waals surface area contributed by atoms with Crippen molar-refractivity contribution in [3.63, 3.8) is 0 Å². The van der Waals surface area contributed by atoms with E-state index in [9.17, 15) is 14.0 Å². The minimum atomic E-state index is -0.404. The standard InChI is InChI=1S/C18H18FN5O2/c1-12-11-13(2)24(21-12)16-7-8-17(25)23(22-16)10-9-20-18(26)14-3-5-15(19)6-4-14/h3-8,11H,9-10H2,1-2H3,(H,20,26). The van der Waals surface area contributed by atoms with Crippen molar-refractivity contribution in [3.8, 4) is 5.82 Å². The number of hydrogen-bond acceptors (Lipinski definition) is 4. The van der Waals surface area contributed by atoms with Gasteiger partial charge in [-0.2, -0.15) is 5.10 Å². The van der Waals surface area contributed by atoms with Crippen LogP contribution < -0.4 is 10.9 Å². The van der Waals surface area contributed by atoms with Gasteiger partial charge in [-0.3, -0.25) is 9.59 Å². The van der Waals surface area contributed by atoms with E-state index < -0.39 is 5.82 Å². The molecule has 1 aromatic carbocycles. The van der Waals surface area contributed by atoms with Crippen LogP contribution in [0.2, 0.25) is 0 Å². The summed E-state index contributed by atoms with van der Waals surface area (Å²) in [7, 11) is 0. The van der Waals surface area contributed by atoms with E-state index in [1.165, 1.54) is 35.0 Å². The molecule has 7 nitrogen and oxygen atoms in total. The van der Waals surface area contributed by atoms with Gasteiger partial charge in [0.1, 0.15) is 5.82 Å². The molecule has 3 rings (SSSR count). The number of carbonyl (C=O) groups excluding carboxylic acids is 1. The van der Waals surface area contributed by atoms with Crippen molar-refractivity contribution in [2.24, 2.45) is 0 Å². The molecule has 2 heterocycles. The van der Waals surface area contributed by atoms with Crippen LogP contribution in [-0.2, 0) is 6.54 Å². The Hall–Kier alpha value is -3.29. The Morgan fingerprint density at radius 2 is 1.85 bits per heavy atom. The lowest BCUT2D eigenvalue weighted by molar-refractivity contribution is 0.0951. The summed E-state index contributed by atoms with van der Waals surface area (Å²) in [6.07, 6.45) is 0. The molecule has 0 aliphatic rings. The number of hydrogen-bond donors (Lipinski definition) is 1. The van der Waals surface area contributed by atoms with Crippen molar-refractivity contribution < 1.29 is 9.18 Å². The first-order valence-electron chi connectivity index (χ1n) is 8.09. The Labute approximate surface area is 149 Å². The summed E-state index contributed by atoms with van der Waals surface area (Å²) in [6.45, 7) is 4.20. The average Bonchev–Trinajstić information content (AvgIpc) is 2.95.